The highest BCUT2D eigenvalue weighted by Gasteiger charge is 2.29. The van der Waals surface area contributed by atoms with Crippen LogP contribution in [0.2, 0.25) is 0 Å². The second-order valence-corrected chi connectivity index (χ2v) is 9.87. The number of nitrogens with one attached hydrogen (secondary N) is 1. The van der Waals surface area contributed by atoms with Gasteiger partial charge >= 0.3 is 0 Å². The molecular formula is C27H35N5O. The second kappa shape index (κ2) is 9.96. The molecule has 0 radical (unpaired) electrons. The minimum atomic E-state index is 0.0808. The van der Waals surface area contributed by atoms with Crippen molar-refractivity contribution in [2.45, 2.75) is 58.0 Å². The summed E-state index contributed by atoms with van der Waals surface area (Å²) in [6.07, 6.45) is 12.9. The number of carbonyl (C=O) groups is 1. The lowest BCUT2D eigenvalue weighted by Crippen LogP contribution is -2.46. The molecule has 1 aliphatic heterocycles. The number of likely N-dealkylation sites (tertiary alicyclic amines) is 1. The fourth-order valence-corrected chi connectivity index (χ4v) is 5.37. The van der Waals surface area contributed by atoms with Crippen molar-refractivity contribution in [2.75, 3.05) is 13.1 Å². The number of carbonyl (C=O) groups excluding carboxylic acids is 1. The van der Waals surface area contributed by atoms with E-state index < -0.39 is 0 Å². The quantitative estimate of drug-likeness (QED) is 0.605. The third kappa shape index (κ3) is 5.06. The maximum Gasteiger partial charge on any atom is 0.224 e. The van der Waals surface area contributed by atoms with Crippen LogP contribution in [0.3, 0.4) is 0 Å². The second-order valence-electron chi connectivity index (χ2n) is 9.87. The Morgan fingerprint density at radius 3 is 2.55 bits per heavy atom. The predicted octanol–water partition coefficient (Wildman–Crippen LogP) is 4.57. The van der Waals surface area contributed by atoms with E-state index in [2.05, 4.69) is 46.2 Å². The molecule has 1 aromatic carbocycles. The van der Waals surface area contributed by atoms with E-state index in [1.54, 1.807) is 0 Å². The zero-order chi connectivity index (χ0) is 22.6. The van der Waals surface area contributed by atoms with Gasteiger partial charge in [0.05, 0.1) is 17.8 Å². The Hall–Kier alpha value is -2.86. The van der Waals surface area contributed by atoms with Crippen LogP contribution in [0, 0.1) is 11.8 Å². The van der Waals surface area contributed by atoms with Crippen LogP contribution in [0.15, 0.2) is 61.1 Å². The Balaban J connectivity index is 1.29. The lowest BCUT2D eigenvalue weighted by atomic mass is 9.87. The third-order valence-corrected chi connectivity index (χ3v) is 7.30. The molecule has 2 aliphatic rings. The first-order valence-electron chi connectivity index (χ1n) is 12.5. The average molecular weight is 446 g/mol. The molecule has 0 spiro atoms. The molecule has 1 unspecified atom stereocenters. The van der Waals surface area contributed by atoms with Crippen molar-refractivity contribution >= 4 is 5.91 Å². The summed E-state index contributed by atoms with van der Waals surface area (Å²) in [4.78, 5) is 15.5. The molecule has 1 saturated carbocycles. The number of hydrogen-bond acceptors (Lipinski definition) is 3. The Bertz CT molecular complexity index is 1030. The molecule has 1 saturated heterocycles. The van der Waals surface area contributed by atoms with E-state index >= 15 is 0 Å². The van der Waals surface area contributed by atoms with Crippen molar-refractivity contribution < 1.29 is 4.79 Å². The van der Waals surface area contributed by atoms with E-state index in [9.17, 15) is 4.79 Å². The standard InChI is InChI=1S/C27H35N5O/c1-21-11-13-24(14-12-21)29-26(33)22-8-7-15-30(19-22)20-23-18-28-32(25-9-3-2-4-10-25)27(23)31-16-5-6-17-31/h2-6,9-10,16-18,21-22,24H,7-8,11-15,19-20H2,1H3,(H,29,33). The zero-order valence-corrected chi connectivity index (χ0v) is 19.6. The van der Waals surface area contributed by atoms with Crippen molar-refractivity contribution in [3.8, 4) is 11.5 Å². The van der Waals surface area contributed by atoms with E-state index in [-0.39, 0.29) is 11.8 Å². The van der Waals surface area contributed by atoms with Gasteiger partial charge in [-0.25, -0.2) is 4.68 Å². The van der Waals surface area contributed by atoms with Crippen LogP contribution < -0.4 is 5.32 Å². The van der Waals surface area contributed by atoms with Crippen LogP contribution in [-0.2, 0) is 11.3 Å². The first kappa shape index (κ1) is 22.0. The molecule has 2 fully saturated rings. The minimum Gasteiger partial charge on any atom is -0.353 e. The molecule has 0 bridgehead atoms. The van der Waals surface area contributed by atoms with Crippen LogP contribution in [0.5, 0.6) is 0 Å². The molecule has 2 aromatic heterocycles. The van der Waals surface area contributed by atoms with Crippen LogP contribution >= 0.6 is 0 Å². The summed E-state index contributed by atoms with van der Waals surface area (Å²) in [6, 6.07) is 14.7. The number of hydrogen-bond donors (Lipinski definition) is 1. The fourth-order valence-electron chi connectivity index (χ4n) is 5.37. The highest BCUT2D eigenvalue weighted by atomic mass is 16.2. The van der Waals surface area contributed by atoms with Gasteiger partial charge in [0.1, 0.15) is 5.82 Å². The molecule has 3 heterocycles. The van der Waals surface area contributed by atoms with Gasteiger partial charge in [0.2, 0.25) is 5.91 Å². The van der Waals surface area contributed by atoms with E-state index in [1.807, 2.05) is 41.2 Å². The number of nitrogens with zero attached hydrogens (tertiary/aromatic N) is 4. The van der Waals surface area contributed by atoms with E-state index in [4.69, 9.17) is 5.10 Å². The topological polar surface area (TPSA) is 55.1 Å². The summed E-state index contributed by atoms with van der Waals surface area (Å²) in [5, 5.41) is 8.10. The molecule has 174 valence electrons. The number of benzene rings is 1. The molecule has 6 nitrogen and oxygen atoms in total. The fraction of sp³-hybridized carbons (Fsp3) is 0.481. The molecule has 1 atom stereocenters. The maximum absolute atomic E-state index is 13.0. The van der Waals surface area contributed by atoms with Crippen molar-refractivity contribution in [1.82, 2.24) is 24.6 Å². The average Bonchev–Trinajstić information content (AvgIpc) is 3.51. The van der Waals surface area contributed by atoms with Crippen molar-refractivity contribution in [3.63, 3.8) is 0 Å². The molecular weight excluding hydrogens is 410 g/mol. The summed E-state index contributed by atoms with van der Waals surface area (Å²) in [6.45, 7) is 4.95. The van der Waals surface area contributed by atoms with Crippen LogP contribution in [0.4, 0.5) is 0 Å². The van der Waals surface area contributed by atoms with Gasteiger partial charge in [-0.05, 0) is 75.3 Å². The molecule has 33 heavy (non-hydrogen) atoms. The largest absolute Gasteiger partial charge is 0.353 e. The number of rotatable bonds is 6. The molecule has 1 aliphatic carbocycles. The lowest BCUT2D eigenvalue weighted by Gasteiger charge is -2.34. The molecule has 1 N–H and O–H groups in total. The molecule has 5 rings (SSSR count). The summed E-state index contributed by atoms with van der Waals surface area (Å²) < 4.78 is 4.14. The maximum atomic E-state index is 13.0. The van der Waals surface area contributed by atoms with Crippen LogP contribution in [0.25, 0.3) is 11.5 Å². The van der Waals surface area contributed by atoms with Crippen molar-refractivity contribution in [1.29, 1.82) is 0 Å². The van der Waals surface area contributed by atoms with Crippen LogP contribution in [0.1, 0.15) is 51.0 Å². The number of amides is 1. The van der Waals surface area contributed by atoms with Crippen LogP contribution in [-0.4, -0.2) is 44.3 Å². The normalized spacial score (nSPS) is 24.0. The van der Waals surface area contributed by atoms with Gasteiger partial charge in [-0.1, -0.05) is 25.1 Å². The monoisotopic (exact) mass is 445 g/mol. The predicted molar refractivity (Wildman–Crippen MR) is 130 cm³/mol. The lowest BCUT2D eigenvalue weighted by molar-refractivity contribution is -0.127. The Kier molecular flexibility index (Phi) is 6.63. The van der Waals surface area contributed by atoms with E-state index in [0.29, 0.717) is 6.04 Å². The van der Waals surface area contributed by atoms with E-state index in [0.717, 1.165) is 62.7 Å². The van der Waals surface area contributed by atoms with Gasteiger partial charge in [-0.15, -0.1) is 0 Å². The van der Waals surface area contributed by atoms with Gasteiger partial charge in [-0.3, -0.25) is 9.69 Å². The van der Waals surface area contributed by atoms with E-state index in [1.165, 1.54) is 18.4 Å². The first-order valence-corrected chi connectivity index (χ1v) is 12.5. The van der Waals surface area contributed by atoms with Gasteiger partial charge in [-0.2, -0.15) is 5.10 Å². The van der Waals surface area contributed by atoms with Gasteiger partial charge in [0, 0.05) is 37.1 Å². The summed E-state index contributed by atoms with van der Waals surface area (Å²) in [5.41, 5.74) is 2.22. The number of aromatic nitrogens is 3. The summed E-state index contributed by atoms with van der Waals surface area (Å²) in [7, 11) is 0. The smallest absolute Gasteiger partial charge is 0.224 e. The molecule has 1 amide bonds. The SMILES string of the molecule is CC1CCC(NC(=O)C2CCCN(Cc3cnn(-c4ccccc4)c3-n3cccc3)C2)CC1. The van der Waals surface area contributed by atoms with Crippen molar-refractivity contribution in [2.24, 2.45) is 11.8 Å². The van der Waals surface area contributed by atoms with Crippen molar-refractivity contribution in [3.05, 3.63) is 66.6 Å². The summed E-state index contributed by atoms with van der Waals surface area (Å²) >= 11 is 0. The molecule has 6 heteroatoms. The Labute approximate surface area is 196 Å². The first-order chi connectivity index (χ1) is 16.2. The third-order valence-electron chi connectivity index (χ3n) is 7.30. The summed E-state index contributed by atoms with van der Waals surface area (Å²) in [5.74, 6) is 2.20. The number of piperidine rings is 1. The molecule has 3 aromatic rings. The minimum absolute atomic E-state index is 0.0808. The highest BCUT2D eigenvalue weighted by Crippen LogP contribution is 2.26. The van der Waals surface area contributed by atoms with Gasteiger partial charge < -0.3 is 9.88 Å². The zero-order valence-electron chi connectivity index (χ0n) is 19.6. The van der Waals surface area contributed by atoms with Gasteiger partial charge in [0.25, 0.3) is 0 Å². The van der Waals surface area contributed by atoms with Gasteiger partial charge in [0.15, 0.2) is 0 Å². The number of para-hydroxylation sites is 1. The Morgan fingerprint density at radius 2 is 1.79 bits per heavy atom. The Morgan fingerprint density at radius 1 is 1.03 bits per heavy atom. The highest BCUT2D eigenvalue weighted by molar-refractivity contribution is 5.79.